The Morgan fingerprint density at radius 3 is 2.41 bits per heavy atom. The SMILES string of the molecule is CN(CCc1ccncc1)c1ccc(NC(=O)Cc2ccc(F)cc2)nn1. The van der Waals surface area contributed by atoms with Gasteiger partial charge in [-0.15, -0.1) is 10.2 Å². The third-order valence-electron chi connectivity index (χ3n) is 4.07. The topological polar surface area (TPSA) is 71.0 Å². The normalized spacial score (nSPS) is 10.4. The van der Waals surface area contributed by atoms with E-state index in [4.69, 9.17) is 0 Å². The van der Waals surface area contributed by atoms with Crippen LogP contribution in [0, 0.1) is 5.82 Å². The van der Waals surface area contributed by atoms with Crippen LogP contribution in [0.2, 0.25) is 0 Å². The van der Waals surface area contributed by atoms with Crippen LogP contribution in [-0.2, 0) is 17.6 Å². The number of amides is 1. The first-order chi connectivity index (χ1) is 13.1. The van der Waals surface area contributed by atoms with Crippen molar-refractivity contribution < 1.29 is 9.18 Å². The second-order valence-electron chi connectivity index (χ2n) is 6.16. The molecule has 0 aliphatic heterocycles. The zero-order chi connectivity index (χ0) is 19.1. The van der Waals surface area contributed by atoms with Crippen LogP contribution in [0.15, 0.2) is 60.9 Å². The summed E-state index contributed by atoms with van der Waals surface area (Å²) in [6, 6.07) is 13.3. The van der Waals surface area contributed by atoms with Gasteiger partial charge in [-0.2, -0.15) is 0 Å². The Kier molecular flexibility index (Phi) is 6.04. The molecule has 0 bridgehead atoms. The summed E-state index contributed by atoms with van der Waals surface area (Å²) in [5.41, 5.74) is 1.93. The fourth-order valence-electron chi connectivity index (χ4n) is 2.53. The molecule has 3 aromatic rings. The number of hydrogen-bond acceptors (Lipinski definition) is 5. The zero-order valence-electron chi connectivity index (χ0n) is 15.0. The van der Waals surface area contributed by atoms with Crippen LogP contribution in [0.1, 0.15) is 11.1 Å². The fraction of sp³-hybridized carbons (Fsp3) is 0.200. The van der Waals surface area contributed by atoms with E-state index in [1.807, 2.05) is 30.1 Å². The van der Waals surface area contributed by atoms with Crippen molar-refractivity contribution in [2.75, 3.05) is 23.8 Å². The number of halogens is 1. The van der Waals surface area contributed by atoms with Gasteiger partial charge in [0.2, 0.25) is 5.91 Å². The largest absolute Gasteiger partial charge is 0.358 e. The molecular weight excluding hydrogens is 345 g/mol. The van der Waals surface area contributed by atoms with Crippen LogP contribution >= 0.6 is 0 Å². The van der Waals surface area contributed by atoms with Crippen molar-refractivity contribution in [1.29, 1.82) is 0 Å². The van der Waals surface area contributed by atoms with Crippen molar-refractivity contribution in [3.63, 3.8) is 0 Å². The van der Waals surface area contributed by atoms with E-state index in [1.165, 1.54) is 17.7 Å². The van der Waals surface area contributed by atoms with Crippen LogP contribution in [0.3, 0.4) is 0 Å². The van der Waals surface area contributed by atoms with E-state index in [0.717, 1.165) is 24.3 Å². The van der Waals surface area contributed by atoms with Gasteiger partial charge < -0.3 is 10.2 Å². The summed E-state index contributed by atoms with van der Waals surface area (Å²) < 4.78 is 12.9. The molecule has 1 N–H and O–H groups in total. The average molecular weight is 365 g/mol. The number of carbonyl (C=O) groups is 1. The molecule has 2 heterocycles. The van der Waals surface area contributed by atoms with E-state index in [9.17, 15) is 9.18 Å². The maximum Gasteiger partial charge on any atom is 0.229 e. The van der Waals surface area contributed by atoms with Gasteiger partial charge in [0, 0.05) is 26.0 Å². The van der Waals surface area contributed by atoms with Crippen LogP contribution < -0.4 is 10.2 Å². The number of aromatic nitrogens is 3. The number of likely N-dealkylation sites (N-methyl/N-ethyl adjacent to an activating group) is 1. The second kappa shape index (κ2) is 8.84. The Labute approximate surface area is 157 Å². The predicted octanol–water partition coefficient (Wildman–Crippen LogP) is 2.87. The molecule has 0 atom stereocenters. The highest BCUT2D eigenvalue weighted by Crippen LogP contribution is 2.12. The molecule has 0 saturated carbocycles. The first-order valence-electron chi connectivity index (χ1n) is 8.58. The van der Waals surface area contributed by atoms with E-state index in [-0.39, 0.29) is 18.1 Å². The van der Waals surface area contributed by atoms with Crippen molar-refractivity contribution in [1.82, 2.24) is 15.2 Å². The number of carbonyl (C=O) groups excluding carboxylic acids is 1. The Hall–Kier alpha value is -3.35. The molecule has 0 aliphatic rings. The van der Waals surface area contributed by atoms with Crippen LogP contribution in [0.5, 0.6) is 0 Å². The summed E-state index contributed by atoms with van der Waals surface area (Å²) in [6.45, 7) is 0.787. The minimum absolute atomic E-state index is 0.148. The summed E-state index contributed by atoms with van der Waals surface area (Å²) in [6.07, 6.45) is 4.57. The number of hydrogen-bond donors (Lipinski definition) is 1. The number of rotatable bonds is 7. The minimum Gasteiger partial charge on any atom is -0.358 e. The van der Waals surface area contributed by atoms with Gasteiger partial charge in [0.1, 0.15) is 5.82 Å². The molecule has 1 aromatic carbocycles. The summed E-state index contributed by atoms with van der Waals surface area (Å²) in [4.78, 5) is 18.1. The molecule has 0 radical (unpaired) electrons. The van der Waals surface area contributed by atoms with Gasteiger partial charge in [0.25, 0.3) is 0 Å². The average Bonchev–Trinajstić information content (AvgIpc) is 2.69. The van der Waals surface area contributed by atoms with Crippen molar-refractivity contribution >= 4 is 17.5 Å². The number of benzene rings is 1. The molecule has 27 heavy (non-hydrogen) atoms. The molecule has 1 amide bonds. The highest BCUT2D eigenvalue weighted by Gasteiger charge is 2.08. The lowest BCUT2D eigenvalue weighted by atomic mass is 10.1. The summed E-state index contributed by atoms with van der Waals surface area (Å²) in [5.74, 6) is 0.553. The second-order valence-corrected chi connectivity index (χ2v) is 6.16. The molecule has 0 fully saturated rings. The predicted molar refractivity (Wildman–Crippen MR) is 102 cm³/mol. The van der Waals surface area contributed by atoms with E-state index >= 15 is 0 Å². The molecule has 2 aromatic heterocycles. The zero-order valence-corrected chi connectivity index (χ0v) is 15.0. The van der Waals surface area contributed by atoms with Gasteiger partial charge >= 0.3 is 0 Å². The Bertz CT molecular complexity index is 869. The summed E-state index contributed by atoms with van der Waals surface area (Å²) in [5, 5.41) is 10.9. The lowest BCUT2D eigenvalue weighted by Gasteiger charge is -2.17. The van der Waals surface area contributed by atoms with Gasteiger partial charge in [-0.25, -0.2) is 4.39 Å². The first-order valence-corrected chi connectivity index (χ1v) is 8.58. The fourth-order valence-corrected chi connectivity index (χ4v) is 2.53. The van der Waals surface area contributed by atoms with Crippen LogP contribution in [0.4, 0.5) is 16.0 Å². The van der Waals surface area contributed by atoms with E-state index < -0.39 is 0 Å². The molecule has 6 nitrogen and oxygen atoms in total. The molecule has 138 valence electrons. The standard InChI is InChI=1S/C20H20FN5O/c1-26(13-10-15-8-11-22-12-9-15)19-7-6-18(24-25-19)23-20(27)14-16-2-4-17(21)5-3-16/h2-9,11-12H,10,13-14H2,1H3,(H,23,24,27). The van der Waals surface area contributed by atoms with Crippen molar-refractivity contribution in [2.45, 2.75) is 12.8 Å². The quantitative estimate of drug-likeness (QED) is 0.697. The number of nitrogens with one attached hydrogen (secondary N) is 1. The highest BCUT2D eigenvalue weighted by atomic mass is 19.1. The van der Waals surface area contributed by atoms with Gasteiger partial charge in [-0.1, -0.05) is 12.1 Å². The van der Waals surface area contributed by atoms with Crippen molar-refractivity contribution in [3.05, 3.63) is 77.9 Å². The molecule has 7 heteroatoms. The Balaban J connectivity index is 1.51. The number of nitrogens with zero attached hydrogens (tertiary/aromatic N) is 4. The van der Waals surface area contributed by atoms with Gasteiger partial charge in [-0.3, -0.25) is 9.78 Å². The highest BCUT2D eigenvalue weighted by molar-refractivity contribution is 5.91. The molecule has 3 rings (SSSR count). The van der Waals surface area contributed by atoms with Crippen LogP contribution in [-0.4, -0.2) is 34.7 Å². The van der Waals surface area contributed by atoms with Gasteiger partial charge in [0.15, 0.2) is 11.6 Å². The smallest absolute Gasteiger partial charge is 0.229 e. The van der Waals surface area contributed by atoms with Gasteiger partial charge in [0.05, 0.1) is 6.42 Å². The third kappa shape index (κ3) is 5.57. The summed E-state index contributed by atoms with van der Waals surface area (Å²) >= 11 is 0. The van der Waals surface area contributed by atoms with Crippen molar-refractivity contribution in [3.8, 4) is 0 Å². The van der Waals surface area contributed by atoms with E-state index in [1.54, 1.807) is 30.6 Å². The lowest BCUT2D eigenvalue weighted by molar-refractivity contribution is -0.115. The molecular formula is C20H20FN5O. The molecule has 0 saturated heterocycles. The molecule has 0 spiro atoms. The maximum absolute atomic E-state index is 12.9. The lowest BCUT2D eigenvalue weighted by Crippen LogP contribution is -2.22. The monoisotopic (exact) mass is 365 g/mol. The van der Waals surface area contributed by atoms with E-state index in [0.29, 0.717) is 5.82 Å². The number of pyridine rings is 1. The van der Waals surface area contributed by atoms with Gasteiger partial charge in [-0.05, 0) is 53.9 Å². The van der Waals surface area contributed by atoms with E-state index in [2.05, 4.69) is 20.5 Å². The summed E-state index contributed by atoms with van der Waals surface area (Å²) in [7, 11) is 1.94. The molecule has 0 aliphatic carbocycles. The van der Waals surface area contributed by atoms with Crippen molar-refractivity contribution in [2.24, 2.45) is 0 Å². The third-order valence-corrected chi connectivity index (χ3v) is 4.07. The van der Waals surface area contributed by atoms with Crippen LogP contribution in [0.25, 0.3) is 0 Å². The minimum atomic E-state index is -0.325. The molecule has 0 unspecified atom stereocenters. The first kappa shape index (κ1) is 18.4. The number of anilines is 2. The Morgan fingerprint density at radius 2 is 1.74 bits per heavy atom. The maximum atomic E-state index is 12.9. The Morgan fingerprint density at radius 1 is 1.00 bits per heavy atom.